The predicted molar refractivity (Wildman–Crippen MR) is 130 cm³/mol. The number of carboxylic acids is 2. The molecule has 8 heteroatoms. The normalized spacial score (nSPS) is 19.3. The smallest absolute Gasteiger partial charge is 0.328 e. The number of carboxylic acid groups (broad SMARTS) is 2. The molecule has 2 atom stereocenters. The molecule has 0 saturated carbocycles. The Morgan fingerprint density at radius 3 is 2.36 bits per heavy atom. The van der Waals surface area contributed by atoms with Gasteiger partial charge in [0.1, 0.15) is 11.6 Å². The lowest BCUT2D eigenvalue weighted by Gasteiger charge is -2.31. The molecule has 33 heavy (non-hydrogen) atoms. The van der Waals surface area contributed by atoms with Crippen molar-refractivity contribution in [1.29, 1.82) is 0 Å². The molecular formula is C25H28N2O5S. The molecule has 2 aliphatic heterocycles. The third-order valence-corrected chi connectivity index (χ3v) is 6.70. The van der Waals surface area contributed by atoms with Crippen molar-refractivity contribution >= 4 is 29.5 Å². The van der Waals surface area contributed by atoms with E-state index >= 15 is 0 Å². The van der Waals surface area contributed by atoms with Crippen molar-refractivity contribution in [3.8, 4) is 5.75 Å². The largest absolute Gasteiger partial charge is 0.497 e. The number of hydrogen-bond donors (Lipinski definition) is 2. The number of benzene rings is 2. The summed E-state index contributed by atoms with van der Waals surface area (Å²) in [4.78, 5) is 26.7. The Labute approximate surface area is 197 Å². The zero-order valence-electron chi connectivity index (χ0n) is 18.5. The van der Waals surface area contributed by atoms with Crippen LogP contribution in [-0.4, -0.2) is 58.3 Å². The number of piperidine rings is 1. The van der Waals surface area contributed by atoms with Gasteiger partial charge in [0.2, 0.25) is 0 Å². The number of carbonyl (C=O) groups is 2. The SMILES string of the molecule is COc1ccc(CSC2CCCN3CC(c4ccccc4)N=C23)cc1.O=C(O)/C=C/C(=O)O. The fourth-order valence-corrected chi connectivity index (χ4v) is 5.03. The van der Waals surface area contributed by atoms with Gasteiger partial charge in [0.05, 0.1) is 18.4 Å². The maximum atomic E-state index is 9.55. The summed E-state index contributed by atoms with van der Waals surface area (Å²) in [5, 5.41) is 16.1. The van der Waals surface area contributed by atoms with E-state index in [9.17, 15) is 9.59 Å². The van der Waals surface area contributed by atoms with Crippen LogP contribution in [-0.2, 0) is 15.3 Å². The molecule has 1 saturated heterocycles. The topological polar surface area (TPSA) is 99.4 Å². The van der Waals surface area contributed by atoms with Gasteiger partial charge in [-0.1, -0.05) is 42.5 Å². The highest BCUT2D eigenvalue weighted by atomic mass is 32.2. The van der Waals surface area contributed by atoms with Gasteiger partial charge in [-0.2, -0.15) is 0 Å². The molecule has 0 radical (unpaired) electrons. The number of methoxy groups -OCH3 is 1. The minimum absolute atomic E-state index is 0.304. The van der Waals surface area contributed by atoms with E-state index in [-0.39, 0.29) is 0 Å². The van der Waals surface area contributed by atoms with Crippen molar-refractivity contribution in [3.05, 3.63) is 77.9 Å². The van der Waals surface area contributed by atoms with Gasteiger partial charge in [0, 0.05) is 31.0 Å². The van der Waals surface area contributed by atoms with Crippen molar-refractivity contribution in [2.75, 3.05) is 20.2 Å². The Balaban J connectivity index is 0.000000331. The van der Waals surface area contributed by atoms with Crippen LogP contribution in [0.15, 0.2) is 71.7 Å². The lowest BCUT2D eigenvalue weighted by atomic mass is 10.1. The molecule has 4 rings (SSSR count). The van der Waals surface area contributed by atoms with Crippen LogP contribution >= 0.6 is 11.8 Å². The number of aliphatic imine (C=N–C) groups is 1. The maximum Gasteiger partial charge on any atom is 0.328 e. The first-order valence-electron chi connectivity index (χ1n) is 10.7. The molecule has 174 valence electrons. The Morgan fingerprint density at radius 2 is 1.76 bits per heavy atom. The van der Waals surface area contributed by atoms with E-state index in [1.54, 1.807) is 7.11 Å². The molecular weight excluding hydrogens is 440 g/mol. The van der Waals surface area contributed by atoms with Gasteiger partial charge in [0.15, 0.2) is 0 Å². The van der Waals surface area contributed by atoms with Crippen LogP contribution in [0.1, 0.15) is 30.0 Å². The number of hydrogen-bond acceptors (Lipinski definition) is 6. The first-order valence-corrected chi connectivity index (χ1v) is 11.8. The number of ether oxygens (including phenoxy) is 1. The van der Waals surface area contributed by atoms with Crippen LogP contribution in [0.25, 0.3) is 0 Å². The Hall–Kier alpha value is -3.26. The molecule has 0 aromatic heterocycles. The first kappa shape index (κ1) is 24.4. The van der Waals surface area contributed by atoms with Gasteiger partial charge in [-0.3, -0.25) is 4.99 Å². The van der Waals surface area contributed by atoms with Gasteiger partial charge in [0.25, 0.3) is 0 Å². The highest BCUT2D eigenvalue weighted by Gasteiger charge is 2.34. The number of thioether (sulfide) groups is 1. The highest BCUT2D eigenvalue weighted by Crippen LogP contribution is 2.34. The van der Waals surface area contributed by atoms with Crippen LogP contribution in [0.3, 0.4) is 0 Å². The zero-order chi connectivity index (χ0) is 23.6. The standard InChI is InChI=1S/C21H24N2OS.C4H4O4/c1-24-18-11-9-16(10-12-18)15-25-20-8-5-13-23-14-19(22-21(20)23)17-6-3-2-4-7-17;5-3(6)1-2-4(7)8/h2-4,6-7,9-12,19-20H,5,8,13-15H2,1H3;1-2H,(H,5,6)(H,7,8)/b;2-1+. The van der Waals surface area contributed by atoms with Gasteiger partial charge in [-0.05, 0) is 36.1 Å². The summed E-state index contributed by atoms with van der Waals surface area (Å²) in [5.41, 5.74) is 2.68. The lowest BCUT2D eigenvalue weighted by molar-refractivity contribution is -0.134. The molecule has 2 aromatic carbocycles. The quantitative estimate of drug-likeness (QED) is 0.586. The van der Waals surface area contributed by atoms with Gasteiger partial charge in [-0.25, -0.2) is 9.59 Å². The van der Waals surface area contributed by atoms with Crippen molar-refractivity contribution < 1.29 is 24.5 Å². The van der Waals surface area contributed by atoms with E-state index in [0.717, 1.165) is 24.6 Å². The molecule has 7 nitrogen and oxygen atoms in total. The van der Waals surface area contributed by atoms with E-state index in [0.29, 0.717) is 23.4 Å². The second-order valence-electron chi connectivity index (χ2n) is 7.66. The summed E-state index contributed by atoms with van der Waals surface area (Å²) in [7, 11) is 1.71. The molecule has 0 spiro atoms. The van der Waals surface area contributed by atoms with Crippen molar-refractivity contribution in [2.24, 2.45) is 4.99 Å². The van der Waals surface area contributed by atoms with Crippen LogP contribution in [0.5, 0.6) is 5.75 Å². The number of fused-ring (bicyclic) bond motifs is 1. The summed E-state index contributed by atoms with van der Waals surface area (Å²) in [5.74, 6) is 0.749. The predicted octanol–water partition coefficient (Wildman–Crippen LogP) is 4.26. The average molecular weight is 469 g/mol. The Kier molecular flexibility index (Phi) is 8.95. The molecule has 2 aromatic rings. The summed E-state index contributed by atoms with van der Waals surface area (Å²) < 4.78 is 5.24. The minimum atomic E-state index is -1.26. The summed E-state index contributed by atoms with van der Waals surface area (Å²) in [6, 6.07) is 19.4. The van der Waals surface area contributed by atoms with Crippen molar-refractivity contribution in [2.45, 2.75) is 29.9 Å². The summed E-state index contributed by atoms with van der Waals surface area (Å²) >= 11 is 2.02. The molecule has 2 unspecified atom stereocenters. The third kappa shape index (κ3) is 7.39. The van der Waals surface area contributed by atoms with E-state index in [1.807, 2.05) is 23.9 Å². The molecule has 2 N–H and O–H groups in total. The van der Waals surface area contributed by atoms with Crippen LogP contribution in [0.2, 0.25) is 0 Å². The number of rotatable bonds is 7. The molecule has 0 bridgehead atoms. The zero-order valence-corrected chi connectivity index (χ0v) is 19.3. The molecule has 2 aliphatic rings. The van der Waals surface area contributed by atoms with E-state index < -0.39 is 11.9 Å². The second-order valence-corrected chi connectivity index (χ2v) is 8.85. The lowest BCUT2D eigenvalue weighted by Crippen LogP contribution is -2.40. The number of aliphatic carboxylic acids is 2. The van der Waals surface area contributed by atoms with Gasteiger partial charge in [-0.15, -0.1) is 11.8 Å². The molecule has 0 amide bonds. The van der Waals surface area contributed by atoms with Gasteiger partial charge < -0.3 is 19.8 Å². The van der Waals surface area contributed by atoms with E-state index in [4.69, 9.17) is 19.9 Å². The van der Waals surface area contributed by atoms with Crippen molar-refractivity contribution in [3.63, 3.8) is 0 Å². The molecule has 1 fully saturated rings. The number of nitrogens with zero attached hydrogens (tertiary/aromatic N) is 2. The minimum Gasteiger partial charge on any atom is -0.497 e. The van der Waals surface area contributed by atoms with Crippen LogP contribution < -0.4 is 4.74 Å². The molecule has 0 aliphatic carbocycles. The Morgan fingerprint density at radius 1 is 1.09 bits per heavy atom. The molecule has 2 heterocycles. The summed E-state index contributed by atoms with van der Waals surface area (Å²) in [6.07, 6.45) is 3.61. The maximum absolute atomic E-state index is 9.55. The van der Waals surface area contributed by atoms with Crippen molar-refractivity contribution in [1.82, 2.24) is 4.90 Å². The Bertz CT molecular complexity index is 976. The van der Waals surface area contributed by atoms with E-state index in [2.05, 4.69) is 47.4 Å². The first-order chi connectivity index (χ1) is 16.0. The number of amidine groups is 1. The average Bonchev–Trinajstić information content (AvgIpc) is 3.28. The van der Waals surface area contributed by atoms with Gasteiger partial charge >= 0.3 is 11.9 Å². The van der Waals surface area contributed by atoms with Crippen LogP contribution in [0, 0.1) is 0 Å². The fourth-order valence-electron chi connectivity index (χ4n) is 3.75. The fraction of sp³-hybridized carbons (Fsp3) is 0.320. The van der Waals surface area contributed by atoms with E-state index in [1.165, 1.54) is 29.8 Å². The third-order valence-electron chi connectivity index (χ3n) is 5.35. The monoisotopic (exact) mass is 468 g/mol. The van der Waals surface area contributed by atoms with Crippen LogP contribution in [0.4, 0.5) is 0 Å². The second kappa shape index (κ2) is 12.1. The summed E-state index contributed by atoms with van der Waals surface area (Å²) in [6.45, 7) is 2.20. The highest BCUT2D eigenvalue weighted by molar-refractivity contribution is 7.99.